The quantitative estimate of drug-likeness (QED) is 0.582. The topological polar surface area (TPSA) is 90.3 Å². The van der Waals surface area contributed by atoms with Gasteiger partial charge in [-0.25, -0.2) is 9.59 Å². The predicted molar refractivity (Wildman–Crippen MR) is 129 cm³/mol. The van der Waals surface area contributed by atoms with E-state index in [1.165, 1.54) is 33.2 Å². The third-order valence-corrected chi connectivity index (χ3v) is 6.06. The van der Waals surface area contributed by atoms with Crippen molar-refractivity contribution in [2.75, 3.05) is 38.2 Å². The lowest BCUT2D eigenvalue weighted by Gasteiger charge is -2.37. The van der Waals surface area contributed by atoms with Gasteiger partial charge in [0.25, 0.3) is 0 Å². The van der Waals surface area contributed by atoms with Crippen LogP contribution < -0.4 is 9.64 Å². The van der Waals surface area contributed by atoms with E-state index in [2.05, 4.69) is 78.2 Å². The molecule has 0 unspecified atom stereocenters. The third kappa shape index (κ3) is 5.81. The first-order valence-electron chi connectivity index (χ1n) is 10.9. The molecule has 0 aromatic heterocycles. The lowest BCUT2D eigenvalue weighted by Crippen LogP contribution is -2.46. The maximum Gasteiger partial charge on any atom is 0.414 e. The van der Waals surface area contributed by atoms with Gasteiger partial charge in [0.05, 0.1) is 7.11 Å². The highest BCUT2D eigenvalue weighted by atomic mass is 16.5. The molecule has 0 atom stereocenters. The molecule has 174 valence electrons. The van der Waals surface area contributed by atoms with Crippen molar-refractivity contribution >= 4 is 28.4 Å². The molecule has 7 nitrogen and oxygen atoms in total. The normalized spacial score (nSPS) is 13.8. The molecule has 7 heteroatoms. The first kappa shape index (κ1) is 24.1. The SMILES string of the molecule is COc1ccc(CN2CCN(c3cccc(C)c3C)CC2)c2ccccc12.O=C(O)C(=O)O. The molecule has 1 fully saturated rings. The Hall–Kier alpha value is -3.58. The summed E-state index contributed by atoms with van der Waals surface area (Å²) in [5.41, 5.74) is 5.56. The van der Waals surface area contributed by atoms with Crippen LogP contribution in [0.1, 0.15) is 16.7 Å². The van der Waals surface area contributed by atoms with Gasteiger partial charge in [0.1, 0.15) is 5.75 Å². The number of rotatable bonds is 4. The van der Waals surface area contributed by atoms with E-state index in [0.717, 1.165) is 38.5 Å². The van der Waals surface area contributed by atoms with Crippen LogP contribution in [0.25, 0.3) is 10.8 Å². The highest BCUT2D eigenvalue weighted by molar-refractivity contribution is 6.27. The van der Waals surface area contributed by atoms with Gasteiger partial charge in [-0.3, -0.25) is 4.90 Å². The standard InChI is InChI=1S/C24H28N2O.C2H2O4/c1-18-7-6-10-23(19(18)2)26-15-13-25(14-16-26)17-20-11-12-24(27-3)22-9-5-4-8-21(20)22;3-1(4)2(5)6/h4-12H,13-17H2,1-3H3;(H,3,4)(H,5,6). The summed E-state index contributed by atoms with van der Waals surface area (Å²) < 4.78 is 5.54. The van der Waals surface area contributed by atoms with Crippen LogP contribution in [-0.2, 0) is 16.1 Å². The van der Waals surface area contributed by atoms with Crippen molar-refractivity contribution < 1.29 is 24.5 Å². The molecular weight excluding hydrogens is 420 g/mol. The molecule has 0 spiro atoms. The fraction of sp³-hybridized carbons (Fsp3) is 0.308. The number of aliphatic carboxylic acids is 2. The highest BCUT2D eigenvalue weighted by Crippen LogP contribution is 2.30. The largest absolute Gasteiger partial charge is 0.496 e. The van der Waals surface area contributed by atoms with E-state index >= 15 is 0 Å². The number of hydrogen-bond acceptors (Lipinski definition) is 5. The molecule has 0 bridgehead atoms. The maximum absolute atomic E-state index is 9.10. The average Bonchev–Trinajstić information content (AvgIpc) is 2.82. The molecule has 4 rings (SSSR count). The van der Waals surface area contributed by atoms with E-state index in [0.29, 0.717) is 0 Å². The summed E-state index contributed by atoms with van der Waals surface area (Å²) in [5.74, 6) is -2.70. The molecule has 3 aromatic rings. The van der Waals surface area contributed by atoms with Gasteiger partial charge in [0.15, 0.2) is 0 Å². The van der Waals surface area contributed by atoms with E-state index in [1.54, 1.807) is 7.11 Å². The van der Waals surface area contributed by atoms with Gasteiger partial charge in [-0.05, 0) is 48.1 Å². The lowest BCUT2D eigenvalue weighted by atomic mass is 10.0. The van der Waals surface area contributed by atoms with Crippen molar-refractivity contribution in [2.45, 2.75) is 20.4 Å². The van der Waals surface area contributed by atoms with Crippen molar-refractivity contribution in [3.8, 4) is 5.75 Å². The van der Waals surface area contributed by atoms with E-state index in [1.807, 2.05) is 0 Å². The number of benzene rings is 3. The molecule has 0 radical (unpaired) electrons. The summed E-state index contributed by atoms with van der Waals surface area (Å²) in [7, 11) is 1.74. The lowest BCUT2D eigenvalue weighted by molar-refractivity contribution is -0.159. The van der Waals surface area contributed by atoms with Gasteiger partial charge in [0.2, 0.25) is 0 Å². The second-order valence-corrected chi connectivity index (χ2v) is 8.07. The Labute approximate surface area is 193 Å². The number of nitrogens with zero attached hydrogens (tertiary/aromatic N) is 2. The zero-order valence-corrected chi connectivity index (χ0v) is 19.2. The van der Waals surface area contributed by atoms with Crippen molar-refractivity contribution in [1.82, 2.24) is 4.90 Å². The van der Waals surface area contributed by atoms with Gasteiger partial charge in [0, 0.05) is 43.8 Å². The summed E-state index contributed by atoms with van der Waals surface area (Å²) in [4.78, 5) is 23.3. The van der Waals surface area contributed by atoms with Crippen molar-refractivity contribution in [3.63, 3.8) is 0 Å². The summed E-state index contributed by atoms with van der Waals surface area (Å²) in [6.45, 7) is 9.77. The minimum Gasteiger partial charge on any atom is -0.496 e. The number of piperazine rings is 1. The van der Waals surface area contributed by atoms with E-state index in [9.17, 15) is 0 Å². The van der Waals surface area contributed by atoms with Gasteiger partial charge < -0.3 is 19.8 Å². The van der Waals surface area contributed by atoms with Crippen LogP contribution >= 0.6 is 0 Å². The number of anilines is 1. The van der Waals surface area contributed by atoms with Crippen LogP contribution in [0.2, 0.25) is 0 Å². The Bertz CT molecular complexity index is 1120. The van der Waals surface area contributed by atoms with Crippen LogP contribution in [0, 0.1) is 13.8 Å². The number of carbonyl (C=O) groups is 2. The highest BCUT2D eigenvalue weighted by Gasteiger charge is 2.19. The molecule has 1 aliphatic heterocycles. The number of carboxylic acid groups (broad SMARTS) is 2. The van der Waals surface area contributed by atoms with Gasteiger partial charge in [-0.2, -0.15) is 0 Å². The van der Waals surface area contributed by atoms with Gasteiger partial charge in [-0.15, -0.1) is 0 Å². The average molecular weight is 451 g/mol. The van der Waals surface area contributed by atoms with Crippen molar-refractivity contribution in [3.05, 3.63) is 71.3 Å². The van der Waals surface area contributed by atoms with E-state index < -0.39 is 11.9 Å². The Morgan fingerprint density at radius 3 is 2.09 bits per heavy atom. The van der Waals surface area contributed by atoms with Crippen LogP contribution in [0.3, 0.4) is 0 Å². The molecule has 0 aliphatic carbocycles. The second kappa shape index (κ2) is 10.8. The van der Waals surface area contributed by atoms with Gasteiger partial charge >= 0.3 is 11.9 Å². The number of fused-ring (bicyclic) bond motifs is 1. The fourth-order valence-electron chi connectivity index (χ4n) is 4.12. The minimum absolute atomic E-state index is 0.953. The molecule has 1 aliphatic rings. The molecule has 1 saturated heterocycles. The van der Waals surface area contributed by atoms with Crippen LogP contribution in [0.5, 0.6) is 5.75 Å². The number of ether oxygens (including phenoxy) is 1. The molecule has 1 heterocycles. The van der Waals surface area contributed by atoms with Crippen molar-refractivity contribution in [2.24, 2.45) is 0 Å². The molecule has 33 heavy (non-hydrogen) atoms. The number of hydrogen-bond donors (Lipinski definition) is 2. The Morgan fingerprint density at radius 1 is 0.848 bits per heavy atom. The maximum atomic E-state index is 9.10. The molecule has 0 saturated carbocycles. The summed E-state index contributed by atoms with van der Waals surface area (Å²) in [6, 6.07) is 19.5. The second-order valence-electron chi connectivity index (χ2n) is 8.07. The Kier molecular flexibility index (Phi) is 7.90. The first-order valence-corrected chi connectivity index (χ1v) is 10.9. The fourth-order valence-corrected chi connectivity index (χ4v) is 4.12. The smallest absolute Gasteiger partial charge is 0.414 e. The zero-order valence-electron chi connectivity index (χ0n) is 19.2. The molecule has 3 aromatic carbocycles. The first-order chi connectivity index (χ1) is 15.8. The summed E-state index contributed by atoms with van der Waals surface area (Å²) >= 11 is 0. The summed E-state index contributed by atoms with van der Waals surface area (Å²) in [6.07, 6.45) is 0. The Morgan fingerprint density at radius 2 is 1.48 bits per heavy atom. The predicted octanol–water partition coefficient (Wildman–Crippen LogP) is 3.94. The minimum atomic E-state index is -1.82. The Balaban J connectivity index is 0.000000454. The van der Waals surface area contributed by atoms with Crippen molar-refractivity contribution in [1.29, 1.82) is 0 Å². The monoisotopic (exact) mass is 450 g/mol. The zero-order chi connectivity index (χ0) is 24.0. The third-order valence-electron chi connectivity index (χ3n) is 6.06. The van der Waals surface area contributed by atoms with Crippen LogP contribution in [0.15, 0.2) is 54.6 Å². The van der Waals surface area contributed by atoms with Gasteiger partial charge in [-0.1, -0.05) is 42.5 Å². The number of methoxy groups -OCH3 is 1. The molecule has 2 N–H and O–H groups in total. The number of carboxylic acids is 2. The molecular formula is C26H30N2O5. The molecule has 0 amide bonds. The number of aryl methyl sites for hydroxylation is 1. The summed E-state index contributed by atoms with van der Waals surface area (Å²) in [5, 5.41) is 17.3. The van der Waals surface area contributed by atoms with Crippen LogP contribution in [-0.4, -0.2) is 60.3 Å². The van der Waals surface area contributed by atoms with E-state index in [4.69, 9.17) is 24.5 Å². The van der Waals surface area contributed by atoms with Crippen LogP contribution in [0.4, 0.5) is 5.69 Å². The van der Waals surface area contributed by atoms with E-state index in [-0.39, 0.29) is 0 Å².